The number of carbonyl (C=O) groups is 2. The fourth-order valence-electron chi connectivity index (χ4n) is 6.57. The number of hydrogen-bond acceptors (Lipinski definition) is 9. The van der Waals surface area contributed by atoms with Crippen molar-refractivity contribution >= 4 is 33.9 Å². The summed E-state index contributed by atoms with van der Waals surface area (Å²) in [6.07, 6.45) is 1.29. The molecule has 0 fully saturated rings. The zero-order chi connectivity index (χ0) is 37.3. The number of aliphatic carboxylic acids is 1. The number of ketones is 1. The molecule has 7 rings (SSSR count). The van der Waals surface area contributed by atoms with Crippen molar-refractivity contribution in [3.63, 3.8) is 0 Å². The van der Waals surface area contributed by atoms with E-state index in [0.29, 0.717) is 5.13 Å². The SMILES string of the molecule is CN1C=C(OC(c2ccccc2)c2ccccc2)C(=O)CC1CO/N=C(\C(=O)O)c1csc(NC(c2ccccc2)(c2ccccc2)c2ccccc2)n1. The van der Waals surface area contributed by atoms with Crippen LogP contribution in [0.4, 0.5) is 5.13 Å². The summed E-state index contributed by atoms with van der Waals surface area (Å²) in [6.45, 7) is -0.0298. The molecule has 2 N–H and O–H groups in total. The number of allylic oxidation sites excluding steroid dienone is 1. The van der Waals surface area contributed by atoms with E-state index >= 15 is 0 Å². The molecule has 0 spiro atoms. The van der Waals surface area contributed by atoms with Gasteiger partial charge >= 0.3 is 5.97 Å². The van der Waals surface area contributed by atoms with Crippen molar-refractivity contribution in [2.45, 2.75) is 24.1 Å². The number of carboxylic acid groups (broad SMARTS) is 1. The Kier molecular flexibility index (Phi) is 10.9. The summed E-state index contributed by atoms with van der Waals surface area (Å²) >= 11 is 1.27. The van der Waals surface area contributed by atoms with Crippen molar-refractivity contribution in [2.24, 2.45) is 5.16 Å². The second-order valence-corrected chi connectivity index (χ2v) is 13.7. The lowest BCUT2D eigenvalue weighted by atomic mass is 9.77. The highest BCUT2D eigenvalue weighted by atomic mass is 32.1. The highest BCUT2D eigenvalue weighted by Gasteiger charge is 2.37. The Morgan fingerprint density at radius 3 is 1.80 bits per heavy atom. The van der Waals surface area contributed by atoms with E-state index < -0.39 is 23.7 Å². The average Bonchev–Trinajstić information content (AvgIpc) is 3.68. The van der Waals surface area contributed by atoms with E-state index in [9.17, 15) is 14.7 Å². The van der Waals surface area contributed by atoms with Gasteiger partial charge in [0.25, 0.3) is 0 Å². The quantitative estimate of drug-likeness (QED) is 0.0654. The normalized spacial score (nSPS) is 14.7. The van der Waals surface area contributed by atoms with Gasteiger partial charge in [-0.05, 0) is 27.8 Å². The summed E-state index contributed by atoms with van der Waals surface area (Å²) in [5.74, 6) is -1.24. The lowest BCUT2D eigenvalue weighted by molar-refractivity contribution is -0.129. The molecule has 2 heterocycles. The van der Waals surface area contributed by atoms with E-state index in [1.54, 1.807) is 11.6 Å². The number of aromatic nitrogens is 1. The Hall–Kier alpha value is -6.52. The van der Waals surface area contributed by atoms with Crippen LogP contribution in [0, 0.1) is 0 Å². The lowest BCUT2D eigenvalue weighted by Gasteiger charge is -2.36. The third kappa shape index (κ3) is 7.79. The van der Waals surface area contributed by atoms with E-state index in [0.717, 1.165) is 27.8 Å². The topological polar surface area (TPSA) is 113 Å². The van der Waals surface area contributed by atoms with Crippen LogP contribution in [0.5, 0.6) is 0 Å². The van der Waals surface area contributed by atoms with Crippen LogP contribution in [0.2, 0.25) is 0 Å². The van der Waals surface area contributed by atoms with Gasteiger partial charge in [0.1, 0.15) is 23.9 Å². The van der Waals surface area contributed by atoms with Gasteiger partial charge in [-0.25, -0.2) is 9.78 Å². The van der Waals surface area contributed by atoms with Gasteiger partial charge in [-0.2, -0.15) is 0 Å². The van der Waals surface area contributed by atoms with Crippen molar-refractivity contribution in [1.82, 2.24) is 9.88 Å². The Balaban J connectivity index is 1.09. The van der Waals surface area contributed by atoms with Gasteiger partial charge in [0, 0.05) is 25.0 Å². The number of benzene rings is 5. The highest BCUT2D eigenvalue weighted by Crippen LogP contribution is 2.40. The molecule has 9 nitrogen and oxygen atoms in total. The predicted octanol–water partition coefficient (Wildman–Crippen LogP) is 8.27. The molecule has 1 aliphatic heterocycles. The Morgan fingerprint density at radius 2 is 1.31 bits per heavy atom. The summed E-state index contributed by atoms with van der Waals surface area (Å²) in [4.78, 5) is 38.0. The lowest BCUT2D eigenvalue weighted by Crippen LogP contribution is -2.39. The molecule has 6 aromatic rings. The number of nitrogens with one attached hydrogen (secondary N) is 1. The fraction of sp³-hybridized carbons (Fsp3) is 0.136. The van der Waals surface area contributed by atoms with Gasteiger partial charge in [-0.3, -0.25) is 4.79 Å². The van der Waals surface area contributed by atoms with Gasteiger partial charge in [0.2, 0.25) is 11.5 Å². The first kappa shape index (κ1) is 35.9. The molecule has 0 saturated heterocycles. The molecule has 1 unspecified atom stereocenters. The molecule has 0 amide bonds. The summed E-state index contributed by atoms with van der Waals surface area (Å²) in [5.41, 5.74) is 3.76. The van der Waals surface area contributed by atoms with Crippen LogP contribution in [0.25, 0.3) is 0 Å². The van der Waals surface area contributed by atoms with Gasteiger partial charge in [-0.1, -0.05) is 157 Å². The maximum absolute atomic E-state index is 13.4. The average molecular weight is 735 g/mol. The summed E-state index contributed by atoms with van der Waals surface area (Å²) in [6, 6.07) is 49.3. The van der Waals surface area contributed by atoms with Crippen LogP contribution in [-0.2, 0) is 24.7 Å². The Morgan fingerprint density at radius 1 is 0.833 bits per heavy atom. The van der Waals surface area contributed by atoms with Crippen LogP contribution in [0.3, 0.4) is 0 Å². The molecule has 0 radical (unpaired) electrons. The number of carbonyl (C=O) groups excluding carboxylic acids is 1. The number of nitrogens with zero attached hydrogens (tertiary/aromatic N) is 3. The molecule has 1 atom stereocenters. The zero-order valence-corrected chi connectivity index (χ0v) is 30.3. The number of Topliss-reactive ketones (excluding diaryl/α,β-unsaturated/α-hetero) is 1. The van der Waals surface area contributed by atoms with E-state index in [2.05, 4.69) is 46.9 Å². The minimum Gasteiger partial charge on any atom is -0.476 e. The van der Waals surface area contributed by atoms with Crippen molar-refractivity contribution in [3.8, 4) is 0 Å². The second-order valence-electron chi connectivity index (χ2n) is 12.8. The number of hydrogen-bond donors (Lipinski definition) is 2. The third-order valence-corrected chi connectivity index (χ3v) is 10.1. The van der Waals surface area contributed by atoms with Crippen LogP contribution >= 0.6 is 11.3 Å². The van der Waals surface area contributed by atoms with Crippen LogP contribution in [-0.4, -0.2) is 52.2 Å². The molecule has 5 aromatic carbocycles. The van der Waals surface area contributed by atoms with Gasteiger partial charge in [0.15, 0.2) is 10.9 Å². The van der Waals surface area contributed by atoms with E-state index in [1.165, 1.54) is 11.3 Å². The molecule has 0 saturated carbocycles. The van der Waals surface area contributed by atoms with Gasteiger partial charge < -0.3 is 24.9 Å². The number of oxime groups is 1. The number of carboxylic acids is 1. The molecular formula is C44H38N4O5S. The van der Waals surface area contributed by atoms with E-state index in [4.69, 9.17) is 14.6 Å². The fourth-order valence-corrected chi connectivity index (χ4v) is 7.32. The molecule has 1 aromatic heterocycles. The third-order valence-electron chi connectivity index (χ3n) is 9.33. The van der Waals surface area contributed by atoms with Gasteiger partial charge in [0.05, 0.1) is 6.04 Å². The minimum absolute atomic E-state index is 0.0298. The monoisotopic (exact) mass is 734 g/mol. The number of anilines is 1. The maximum atomic E-state index is 13.4. The molecule has 0 aliphatic carbocycles. The van der Waals surface area contributed by atoms with Crippen LogP contribution in [0.1, 0.15) is 46.0 Å². The standard InChI is InChI=1S/C44H38N4O5S/c1-48-28-39(53-41(31-17-7-2-8-18-31)32-19-9-3-10-20-32)38(49)27-36(48)29-52-47-40(42(50)51)37-30-54-43(45-37)46-44(33-21-11-4-12-22-33,34-23-13-5-14-24-34)35-25-15-6-16-26-35/h2-26,28,30,36,41H,27,29H2,1H3,(H,45,46)(H,50,51)/b47-40-. The molecule has 10 heteroatoms. The Bertz CT molecular complexity index is 2090. The van der Waals surface area contributed by atoms with Gasteiger partial charge in [-0.15, -0.1) is 11.3 Å². The maximum Gasteiger partial charge on any atom is 0.360 e. The molecule has 54 heavy (non-hydrogen) atoms. The second kappa shape index (κ2) is 16.4. The first-order valence-electron chi connectivity index (χ1n) is 17.5. The summed E-state index contributed by atoms with van der Waals surface area (Å²) < 4.78 is 6.36. The molecule has 270 valence electrons. The zero-order valence-electron chi connectivity index (χ0n) is 29.5. The molecule has 0 bridgehead atoms. The van der Waals surface area contributed by atoms with E-state index in [1.807, 2.05) is 127 Å². The van der Waals surface area contributed by atoms with Crippen LogP contribution in [0.15, 0.2) is 174 Å². The minimum atomic E-state index is -1.29. The summed E-state index contributed by atoms with van der Waals surface area (Å²) in [7, 11) is 1.82. The summed E-state index contributed by atoms with van der Waals surface area (Å²) in [5, 5.41) is 20.0. The Labute approximate surface area is 317 Å². The number of rotatable bonds is 14. The van der Waals surface area contributed by atoms with Crippen molar-refractivity contribution in [1.29, 1.82) is 0 Å². The van der Waals surface area contributed by atoms with Crippen molar-refractivity contribution in [2.75, 3.05) is 19.0 Å². The van der Waals surface area contributed by atoms with Crippen molar-refractivity contribution < 1.29 is 24.3 Å². The molecule has 1 aliphatic rings. The number of likely N-dealkylation sites (N-methyl/N-ethyl adjacent to an activating group) is 1. The number of ether oxygens (including phenoxy) is 1. The van der Waals surface area contributed by atoms with E-state index in [-0.39, 0.29) is 36.0 Å². The smallest absolute Gasteiger partial charge is 0.360 e. The van der Waals surface area contributed by atoms with Crippen molar-refractivity contribution in [3.05, 3.63) is 203 Å². The number of thiazole rings is 1. The first-order chi connectivity index (χ1) is 26.4. The predicted molar refractivity (Wildman–Crippen MR) is 210 cm³/mol. The first-order valence-corrected chi connectivity index (χ1v) is 18.4. The molecular weight excluding hydrogens is 697 g/mol. The highest BCUT2D eigenvalue weighted by molar-refractivity contribution is 7.14. The largest absolute Gasteiger partial charge is 0.476 e. The van der Waals surface area contributed by atoms with Crippen LogP contribution < -0.4 is 5.32 Å².